The molecule has 6 aliphatic heterocycles. The SMILES string of the molecule is COc1ccc(C2=C3CC=C([N-]3)C(c3ccc(OC)cc3)=c3ccc([n-]3)=C(c3ccc(OC)cc3)C3=CCC(=C(c4ccc(OC)cc4)c4ccc2[n-]4)[N-]3)cc1.COc1ccc(C2=C3CC=C([N-]3)C(c3ccc(OC)cc3)=c3ccc([n-]3)=C(c3ccc(OC)cc3)C3=CCC(=C(c4ccc(OC)cc4)c4ccc2[n-]4)[N-]3)cc1.[Mn+3].[Mn+3].[O-2]. The molecule has 0 atom stereocenters. The molecule has 16 bridgehead atoms. The molecule has 12 aromatic rings. The van der Waals surface area contributed by atoms with Gasteiger partial charge in [-0.3, -0.25) is 0 Å². The monoisotopic (exact) mass is 1590 g/mol. The number of aromatic nitrogens is 4. The third-order valence-electron chi connectivity index (χ3n) is 20.8. The number of benzene rings is 8. The van der Waals surface area contributed by atoms with Gasteiger partial charge in [0, 0.05) is 0 Å². The molecule has 115 heavy (non-hydrogen) atoms. The average molecular weight is 1600 g/mol. The smallest absolute Gasteiger partial charge is 2.00 e. The minimum Gasteiger partial charge on any atom is -2.00 e. The van der Waals surface area contributed by atoms with Crippen LogP contribution in [0.15, 0.2) is 313 Å². The van der Waals surface area contributed by atoms with E-state index in [1.54, 1.807) is 56.9 Å². The second-order valence-corrected chi connectivity index (χ2v) is 27.1. The van der Waals surface area contributed by atoms with E-state index in [9.17, 15) is 0 Å². The van der Waals surface area contributed by atoms with Gasteiger partial charge in [-0.1, -0.05) is 192 Å². The Kier molecular flexibility index (Phi) is 23.5. The van der Waals surface area contributed by atoms with Gasteiger partial charge < -0.3 is 84.6 Å². The van der Waals surface area contributed by atoms with E-state index in [2.05, 4.69) is 170 Å². The number of rotatable bonds is 16. The Morgan fingerprint density at radius 2 is 0.348 bits per heavy atom. The minimum absolute atomic E-state index is 0. The molecule has 18 rings (SSSR count). The zero-order chi connectivity index (χ0) is 76.3. The fraction of sp³-hybridized carbons (Fsp3) is 0.125. The molecule has 8 aromatic carbocycles. The predicted molar refractivity (Wildman–Crippen MR) is 441 cm³/mol. The maximum atomic E-state index is 5.53. The Labute approximate surface area is 688 Å². The van der Waals surface area contributed by atoms with E-state index in [-0.39, 0.29) is 39.6 Å². The van der Waals surface area contributed by atoms with Crippen LogP contribution in [-0.4, -0.2) is 56.9 Å². The minimum atomic E-state index is 0. The van der Waals surface area contributed by atoms with Gasteiger partial charge in [-0.25, -0.2) is 0 Å². The fourth-order valence-corrected chi connectivity index (χ4v) is 15.2. The molecular formula is C96H76Mn2N8O9-4. The number of ether oxygens (including phenoxy) is 8. The summed E-state index contributed by atoms with van der Waals surface area (Å²) >= 11 is 0. The number of methoxy groups -OCH3 is 8. The predicted octanol–water partition coefficient (Wildman–Crippen LogP) is 17.1. The summed E-state index contributed by atoms with van der Waals surface area (Å²) in [4.78, 5) is 21.5. The molecule has 19 heteroatoms. The van der Waals surface area contributed by atoms with Crippen LogP contribution >= 0.6 is 0 Å². The summed E-state index contributed by atoms with van der Waals surface area (Å²) < 4.78 is 44.2. The van der Waals surface area contributed by atoms with Crippen LogP contribution in [0.25, 0.3) is 65.9 Å². The summed E-state index contributed by atoms with van der Waals surface area (Å²) in [6, 6.07) is 81.4. The first-order valence-corrected chi connectivity index (χ1v) is 36.9. The molecule has 10 heterocycles. The normalized spacial score (nSPS) is 14.5. The second kappa shape index (κ2) is 34.5. The molecule has 572 valence electrons. The van der Waals surface area contributed by atoms with Gasteiger partial charge in [-0.05, 0) is 190 Å². The molecule has 0 saturated carbocycles. The average Bonchev–Trinajstić information content (AvgIpc) is 1.62. The van der Waals surface area contributed by atoms with Crippen LogP contribution in [0.5, 0.6) is 46.0 Å². The van der Waals surface area contributed by atoms with Gasteiger partial charge in [-0.2, -0.15) is 0 Å². The Bertz CT molecular complexity index is 5410. The van der Waals surface area contributed by atoms with Crippen LogP contribution in [0.3, 0.4) is 0 Å². The van der Waals surface area contributed by atoms with Crippen LogP contribution in [0, 0.1) is 0 Å². The van der Waals surface area contributed by atoms with Crippen LogP contribution in [0.4, 0.5) is 0 Å². The van der Waals surface area contributed by atoms with Crippen LogP contribution in [0.2, 0.25) is 0 Å². The summed E-state index contributed by atoms with van der Waals surface area (Å²) in [5.41, 5.74) is 25.8. The number of hydrogen-bond donors (Lipinski definition) is 0. The maximum Gasteiger partial charge on any atom is 3.00 e. The molecule has 0 amide bonds. The van der Waals surface area contributed by atoms with Crippen molar-refractivity contribution in [2.24, 2.45) is 0 Å². The van der Waals surface area contributed by atoms with Gasteiger partial charge in [0.15, 0.2) is 0 Å². The third-order valence-corrected chi connectivity index (χ3v) is 20.8. The standard InChI is InChI=1S/2C48H38N4O4.2Mn.O/c2*1-53-33-13-5-29(6-14-33)45-37-21-23-39(49-37)46(30-7-15-34(54-2)16-8-30)41-25-27-43(51-41)48(32-11-19-36(56-4)20-12-32)44-28-26-42(52-44)47(40-24-22-38(45)50-40)31-9-17-35(55-3)18-10-31;;;/h2*5-23,25-26,28H,24,27H2,1-4H3;;;/q2*-4;2*+3;-2. The topological polar surface area (TPSA) is 215 Å². The van der Waals surface area contributed by atoms with Crippen molar-refractivity contribution in [3.05, 3.63) is 422 Å². The van der Waals surface area contributed by atoms with Crippen LogP contribution < -0.4 is 79.2 Å². The number of nitrogens with zero attached hydrogens (tertiary/aromatic N) is 8. The number of fused-ring (bicyclic) bond motifs is 16. The van der Waals surface area contributed by atoms with E-state index >= 15 is 0 Å². The Morgan fingerprint density at radius 1 is 0.191 bits per heavy atom. The summed E-state index contributed by atoms with van der Waals surface area (Å²) in [6.07, 6.45) is 11.2. The van der Waals surface area contributed by atoms with Gasteiger partial charge in [0.2, 0.25) is 0 Å². The van der Waals surface area contributed by atoms with Crippen LogP contribution in [-0.2, 0) is 39.6 Å². The Morgan fingerprint density at radius 3 is 0.504 bits per heavy atom. The molecule has 0 unspecified atom stereocenters. The van der Waals surface area contributed by atoms with Gasteiger partial charge in [0.1, 0.15) is 46.0 Å². The molecule has 4 aromatic heterocycles. The van der Waals surface area contributed by atoms with Crippen molar-refractivity contribution in [3.8, 4) is 46.0 Å². The molecule has 0 aliphatic carbocycles. The first kappa shape index (κ1) is 78.6. The molecule has 0 radical (unpaired) electrons. The van der Waals surface area contributed by atoms with E-state index in [0.717, 1.165) is 225 Å². The molecule has 0 saturated heterocycles. The number of allylic oxidation sites excluding steroid dienone is 8. The largest absolute Gasteiger partial charge is 3.00 e. The summed E-state index contributed by atoms with van der Waals surface area (Å²) in [5.74, 6) is 6.23. The zero-order valence-electron chi connectivity index (χ0n) is 64.2. The van der Waals surface area contributed by atoms with E-state index in [1.165, 1.54) is 0 Å². The van der Waals surface area contributed by atoms with Gasteiger partial charge in [0.05, 0.1) is 56.9 Å². The Hall–Kier alpha value is -13.1. The van der Waals surface area contributed by atoms with E-state index < -0.39 is 0 Å². The van der Waals surface area contributed by atoms with Crippen molar-refractivity contribution in [1.82, 2.24) is 19.9 Å². The number of hydrogen-bond acceptors (Lipinski definition) is 8. The third kappa shape index (κ3) is 15.7. The van der Waals surface area contributed by atoms with Crippen molar-refractivity contribution >= 4 is 44.6 Å². The van der Waals surface area contributed by atoms with Gasteiger partial charge in [-0.15, -0.1) is 89.7 Å². The van der Waals surface area contributed by atoms with Gasteiger partial charge in [0.25, 0.3) is 0 Å². The van der Waals surface area contributed by atoms with E-state index in [4.69, 9.17) is 79.1 Å². The van der Waals surface area contributed by atoms with E-state index in [1.807, 2.05) is 97.1 Å². The summed E-state index contributed by atoms with van der Waals surface area (Å²) in [7, 11) is 13.4. The quantitative estimate of drug-likeness (QED) is 0.0826. The van der Waals surface area contributed by atoms with Crippen molar-refractivity contribution < 1.29 is 77.5 Å². The summed E-state index contributed by atoms with van der Waals surface area (Å²) in [5, 5.41) is 24.9. The molecule has 0 N–H and O–H groups in total. The second-order valence-electron chi connectivity index (χ2n) is 27.1. The van der Waals surface area contributed by atoms with Crippen molar-refractivity contribution in [2.45, 2.75) is 25.7 Å². The van der Waals surface area contributed by atoms with Crippen LogP contribution in [0.1, 0.15) is 93.0 Å². The van der Waals surface area contributed by atoms with Crippen molar-refractivity contribution in [3.63, 3.8) is 0 Å². The molecule has 17 nitrogen and oxygen atoms in total. The molecule has 6 aliphatic rings. The van der Waals surface area contributed by atoms with Gasteiger partial charge >= 0.3 is 34.1 Å². The molecule has 0 fully saturated rings. The zero-order valence-corrected chi connectivity index (χ0v) is 66.6. The summed E-state index contributed by atoms with van der Waals surface area (Å²) in [6.45, 7) is 0. The Balaban J connectivity index is 0.000000185. The molecule has 0 spiro atoms. The fourth-order valence-electron chi connectivity index (χ4n) is 15.2. The maximum absolute atomic E-state index is 5.53. The van der Waals surface area contributed by atoms with Crippen molar-refractivity contribution in [2.75, 3.05) is 56.9 Å². The first-order valence-electron chi connectivity index (χ1n) is 36.9. The van der Waals surface area contributed by atoms with Crippen molar-refractivity contribution in [1.29, 1.82) is 0 Å². The first-order chi connectivity index (χ1) is 55.1. The molecular weight excluding hydrogens is 1520 g/mol. The van der Waals surface area contributed by atoms with E-state index in [0.29, 0.717) is 25.7 Å².